The second-order valence-electron chi connectivity index (χ2n) is 12.9. The predicted octanol–water partition coefficient (Wildman–Crippen LogP) is 2.49. The number of nitrogens with zero attached hydrogens (tertiary/aromatic N) is 4. The lowest BCUT2D eigenvalue weighted by Gasteiger charge is -2.48. The number of hydrogen-bond donors (Lipinski definition) is 2. The molecule has 1 aromatic heterocycles. The zero-order chi connectivity index (χ0) is 28.7. The first-order chi connectivity index (χ1) is 19.0. The van der Waals surface area contributed by atoms with Crippen LogP contribution in [-0.4, -0.2) is 103 Å². The molecule has 3 aliphatic heterocycles. The van der Waals surface area contributed by atoms with Gasteiger partial charge in [0, 0.05) is 74.1 Å². The van der Waals surface area contributed by atoms with Gasteiger partial charge in [0.05, 0.1) is 37.6 Å². The molecule has 0 bridgehead atoms. The van der Waals surface area contributed by atoms with Gasteiger partial charge >= 0.3 is 0 Å². The summed E-state index contributed by atoms with van der Waals surface area (Å²) >= 11 is 0. The van der Waals surface area contributed by atoms with Crippen LogP contribution in [0.4, 0.5) is 10.1 Å². The van der Waals surface area contributed by atoms with Gasteiger partial charge in [-0.25, -0.2) is 4.39 Å². The molecule has 9 heteroatoms. The van der Waals surface area contributed by atoms with Crippen molar-refractivity contribution in [3.8, 4) is 0 Å². The molecule has 3 atom stereocenters. The lowest BCUT2D eigenvalue weighted by Crippen LogP contribution is -2.65. The number of aromatic nitrogens is 1. The molecular weight excluding hydrogens is 509 g/mol. The number of piperazine rings is 1. The summed E-state index contributed by atoms with van der Waals surface area (Å²) < 4.78 is 19.3. The van der Waals surface area contributed by atoms with Crippen molar-refractivity contribution < 1.29 is 19.0 Å². The molecule has 2 aromatic rings. The maximum absolute atomic E-state index is 14.0. The minimum atomic E-state index is -0.415. The molecule has 2 fully saturated rings. The first-order valence-electron chi connectivity index (χ1n) is 14.4. The van der Waals surface area contributed by atoms with E-state index in [0.717, 1.165) is 54.3 Å². The SMILES string of the molecule is Cc1cc(F)ccc1Cc1cc2c(cn1)C(C)(C)CN2C(=O)CN1C[C@@H](C)NC[C@@H]1CN1CCOC[C@]1(C)CO. The van der Waals surface area contributed by atoms with Crippen molar-refractivity contribution in [1.82, 2.24) is 20.1 Å². The average molecular weight is 554 g/mol. The van der Waals surface area contributed by atoms with Gasteiger partial charge in [0.1, 0.15) is 5.82 Å². The van der Waals surface area contributed by atoms with E-state index in [1.54, 1.807) is 6.07 Å². The van der Waals surface area contributed by atoms with Gasteiger partial charge in [-0.15, -0.1) is 0 Å². The zero-order valence-electron chi connectivity index (χ0n) is 24.5. The summed E-state index contributed by atoms with van der Waals surface area (Å²) in [5, 5.41) is 13.7. The molecule has 3 aliphatic rings. The van der Waals surface area contributed by atoms with Crippen molar-refractivity contribution in [2.45, 2.75) is 64.1 Å². The van der Waals surface area contributed by atoms with E-state index in [2.05, 4.69) is 35.9 Å². The number of rotatable bonds is 7. The number of aliphatic hydroxyl groups excluding tert-OH is 1. The van der Waals surface area contributed by atoms with Gasteiger partial charge in [0.25, 0.3) is 0 Å². The number of hydrogen-bond acceptors (Lipinski definition) is 7. The molecular formula is C31H44FN5O3. The molecule has 5 rings (SSSR count). The summed E-state index contributed by atoms with van der Waals surface area (Å²) in [5.41, 5.74) is 4.19. The lowest BCUT2D eigenvalue weighted by molar-refractivity contribution is -0.122. The van der Waals surface area contributed by atoms with Crippen molar-refractivity contribution in [2.75, 3.05) is 64.0 Å². The van der Waals surface area contributed by atoms with Gasteiger partial charge < -0.3 is 20.1 Å². The van der Waals surface area contributed by atoms with E-state index in [1.807, 2.05) is 37.1 Å². The maximum atomic E-state index is 14.0. The second-order valence-corrected chi connectivity index (χ2v) is 12.9. The Kier molecular flexibility index (Phi) is 8.32. The van der Waals surface area contributed by atoms with Gasteiger partial charge in [0.15, 0.2) is 0 Å². The Bertz CT molecular complexity index is 1240. The fourth-order valence-corrected chi connectivity index (χ4v) is 6.37. The van der Waals surface area contributed by atoms with Crippen LogP contribution in [0.1, 0.15) is 50.1 Å². The summed E-state index contributed by atoms with van der Waals surface area (Å²) in [5.74, 6) is -0.148. The molecule has 2 saturated heterocycles. The fourth-order valence-electron chi connectivity index (χ4n) is 6.37. The number of carbonyl (C=O) groups excluding carboxylic acids is 1. The van der Waals surface area contributed by atoms with Crippen LogP contribution in [-0.2, 0) is 21.4 Å². The Hall–Kier alpha value is -2.43. The Labute approximate surface area is 237 Å². The minimum absolute atomic E-state index is 0.0376. The van der Waals surface area contributed by atoms with E-state index in [-0.39, 0.29) is 35.8 Å². The number of halogens is 1. The molecule has 0 spiro atoms. The van der Waals surface area contributed by atoms with E-state index < -0.39 is 5.54 Å². The molecule has 0 saturated carbocycles. The van der Waals surface area contributed by atoms with E-state index in [1.165, 1.54) is 6.07 Å². The summed E-state index contributed by atoms with van der Waals surface area (Å²) in [6, 6.07) is 7.33. The number of nitrogens with one attached hydrogen (secondary N) is 1. The third kappa shape index (κ3) is 5.94. The van der Waals surface area contributed by atoms with Crippen molar-refractivity contribution in [2.24, 2.45) is 0 Å². The molecule has 0 radical (unpaired) electrons. The third-order valence-corrected chi connectivity index (χ3v) is 9.01. The first-order valence-corrected chi connectivity index (χ1v) is 14.4. The number of aliphatic hydroxyl groups is 1. The molecule has 2 N–H and O–H groups in total. The fraction of sp³-hybridized carbons (Fsp3) is 0.613. The maximum Gasteiger partial charge on any atom is 0.241 e. The third-order valence-electron chi connectivity index (χ3n) is 9.01. The van der Waals surface area contributed by atoms with Crippen LogP contribution in [0.25, 0.3) is 0 Å². The van der Waals surface area contributed by atoms with Gasteiger partial charge in [0.2, 0.25) is 5.91 Å². The number of anilines is 1. The Balaban J connectivity index is 1.35. The number of carbonyl (C=O) groups is 1. The Morgan fingerprint density at radius 2 is 2.08 bits per heavy atom. The molecule has 0 aliphatic carbocycles. The number of benzene rings is 1. The molecule has 4 heterocycles. The highest BCUT2D eigenvalue weighted by Gasteiger charge is 2.41. The van der Waals surface area contributed by atoms with Crippen molar-refractivity contribution in [1.29, 1.82) is 0 Å². The van der Waals surface area contributed by atoms with Crippen LogP contribution >= 0.6 is 0 Å². The monoisotopic (exact) mass is 553 g/mol. The summed E-state index contributed by atoms with van der Waals surface area (Å²) in [4.78, 5) is 25.3. The van der Waals surface area contributed by atoms with Crippen LogP contribution < -0.4 is 10.2 Å². The van der Waals surface area contributed by atoms with Crippen molar-refractivity contribution >= 4 is 11.6 Å². The normalized spacial score (nSPS) is 27.1. The average Bonchev–Trinajstić information content (AvgIpc) is 3.18. The topological polar surface area (TPSA) is 81.2 Å². The summed E-state index contributed by atoms with van der Waals surface area (Å²) in [7, 11) is 0. The van der Waals surface area contributed by atoms with Crippen LogP contribution in [0.3, 0.4) is 0 Å². The number of fused-ring (bicyclic) bond motifs is 1. The standard InChI is InChI=1S/C31H44FN5O3/c1-21-10-24(32)7-6-23(21)11-25-12-28-27(14-34-25)30(3,4)18-37(28)29(39)17-35-15-22(2)33-13-26(35)16-36-8-9-40-20-31(36,5)19-38/h6-7,10,12,14,22,26,33,38H,8-9,11,13,15-20H2,1-5H3/t22-,26-,31+/m1/s1. The number of aryl methyl sites for hydroxylation is 1. The minimum Gasteiger partial charge on any atom is -0.394 e. The van der Waals surface area contributed by atoms with E-state index in [4.69, 9.17) is 9.72 Å². The quantitative estimate of drug-likeness (QED) is 0.545. The molecule has 1 aromatic carbocycles. The van der Waals surface area contributed by atoms with E-state index in [0.29, 0.717) is 32.7 Å². The highest BCUT2D eigenvalue weighted by atomic mass is 19.1. The van der Waals surface area contributed by atoms with Crippen LogP contribution in [0.15, 0.2) is 30.5 Å². The number of ether oxygens (including phenoxy) is 1. The Morgan fingerprint density at radius 1 is 1.27 bits per heavy atom. The largest absolute Gasteiger partial charge is 0.394 e. The van der Waals surface area contributed by atoms with Crippen molar-refractivity contribution in [3.63, 3.8) is 0 Å². The highest BCUT2D eigenvalue weighted by molar-refractivity contribution is 5.97. The van der Waals surface area contributed by atoms with Gasteiger partial charge in [-0.05, 0) is 50.1 Å². The summed E-state index contributed by atoms with van der Waals surface area (Å²) in [6.45, 7) is 15.7. The molecule has 40 heavy (non-hydrogen) atoms. The van der Waals surface area contributed by atoms with E-state index >= 15 is 0 Å². The molecule has 1 amide bonds. The van der Waals surface area contributed by atoms with Gasteiger partial charge in [-0.1, -0.05) is 19.9 Å². The first kappa shape index (κ1) is 29.1. The van der Waals surface area contributed by atoms with Crippen LogP contribution in [0.5, 0.6) is 0 Å². The van der Waals surface area contributed by atoms with Gasteiger partial charge in [-0.2, -0.15) is 0 Å². The Morgan fingerprint density at radius 3 is 2.83 bits per heavy atom. The van der Waals surface area contributed by atoms with Gasteiger partial charge in [-0.3, -0.25) is 19.6 Å². The van der Waals surface area contributed by atoms with Crippen LogP contribution in [0, 0.1) is 12.7 Å². The lowest BCUT2D eigenvalue weighted by atomic mass is 9.88. The number of morpholine rings is 1. The molecule has 218 valence electrons. The van der Waals surface area contributed by atoms with Crippen molar-refractivity contribution in [3.05, 3.63) is 58.7 Å². The number of pyridine rings is 1. The second kappa shape index (κ2) is 11.4. The number of amides is 1. The van der Waals surface area contributed by atoms with E-state index in [9.17, 15) is 14.3 Å². The predicted molar refractivity (Wildman–Crippen MR) is 154 cm³/mol. The zero-order valence-corrected chi connectivity index (χ0v) is 24.5. The summed E-state index contributed by atoms with van der Waals surface area (Å²) in [6.07, 6.45) is 2.50. The molecule has 0 unspecified atom stereocenters. The molecule has 8 nitrogen and oxygen atoms in total. The van der Waals surface area contributed by atoms with Crippen LogP contribution in [0.2, 0.25) is 0 Å². The smallest absolute Gasteiger partial charge is 0.241 e. The highest BCUT2D eigenvalue weighted by Crippen LogP contribution is 2.40.